The molecule has 2 aromatic heterocycles. The second-order valence-corrected chi connectivity index (χ2v) is 6.43. The molecule has 3 aromatic rings. The molecule has 0 radical (unpaired) electrons. The van der Waals surface area contributed by atoms with Crippen LogP contribution in [0.15, 0.2) is 45.7 Å². The van der Waals surface area contributed by atoms with Crippen LogP contribution < -0.4 is 5.76 Å². The Kier molecular flexibility index (Phi) is 4.13. The molecule has 1 N–H and O–H groups in total. The van der Waals surface area contributed by atoms with Crippen LogP contribution in [0.3, 0.4) is 0 Å². The summed E-state index contributed by atoms with van der Waals surface area (Å²) in [6.07, 6.45) is 4.06. The van der Waals surface area contributed by atoms with Crippen molar-refractivity contribution in [1.82, 2.24) is 19.7 Å². The van der Waals surface area contributed by atoms with Crippen molar-refractivity contribution < 1.29 is 9.21 Å². The SMILES string of the molecule is O=C(CCn1c(=O)oc2ccccc21)N1CCCC(c2ccn[nH]2)C1. The first-order valence-electron chi connectivity index (χ1n) is 8.58. The van der Waals surface area contributed by atoms with Gasteiger partial charge in [0.25, 0.3) is 0 Å². The van der Waals surface area contributed by atoms with Crippen molar-refractivity contribution in [1.29, 1.82) is 0 Å². The van der Waals surface area contributed by atoms with Crippen LogP contribution >= 0.6 is 0 Å². The maximum atomic E-state index is 12.6. The minimum atomic E-state index is -0.414. The minimum absolute atomic E-state index is 0.0707. The molecule has 130 valence electrons. The topological polar surface area (TPSA) is 84.1 Å². The van der Waals surface area contributed by atoms with E-state index in [2.05, 4.69) is 10.2 Å². The molecule has 1 saturated heterocycles. The van der Waals surface area contributed by atoms with Gasteiger partial charge in [0.1, 0.15) is 0 Å². The summed E-state index contributed by atoms with van der Waals surface area (Å²) >= 11 is 0. The number of likely N-dealkylation sites (tertiary alicyclic amines) is 1. The lowest BCUT2D eigenvalue weighted by atomic mass is 9.95. The fourth-order valence-electron chi connectivity index (χ4n) is 3.54. The zero-order valence-electron chi connectivity index (χ0n) is 13.9. The number of H-pyrrole nitrogens is 1. The Bertz CT molecular complexity index is 925. The molecule has 0 spiro atoms. The van der Waals surface area contributed by atoms with Crippen molar-refractivity contribution in [3.63, 3.8) is 0 Å². The van der Waals surface area contributed by atoms with Gasteiger partial charge in [0.05, 0.1) is 5.52 Å². The molecule has 1 aromatic carbocycles. The Morgan fingerprint density at radius 1 is 1.32 bits per heavy atom. The van der Waals surface area contributed by atoms with Gasteiger partial charge >= 0.3 is 5.76 Å². The number of benzene rings is 1. The summed E-state index contributed by atoms with van der Waals surface area (Å²) in [7, 11) is 0. The molecular weight excluding hydrogens is 320 g/mol. The summed E-state index contributed by atoms with van der Waals surface area (Å²) in [5, 5.41) is 7.00. The highest BCUT2D eigenvalue weighted by atomic mass is 16.4. The van der Waals surface area contributed by atoms with Gasteiger partial charge in [-0.1, -0.05) is 12.1 Å². The number of oxazole rings is 1. The molecule has 0 aliphatic carbocycles. The number of aromatic nitrogens is 3. The first-order valence-corrected chi connectivity index (χ1v) is 8.58. The summed E-state index contributed by atoms with van der Waals surface area (Å²) in [6.45, 7) is 1.80. The van der Waals surface area contributed by atoms with Crippen LogP contribution in [0, 0.1) is 0 Å². The van der Waals surface area contributed by atoms with Gasteiger partial charge in [0, 0.05) is 43.9 Å². The van der Waals surface area contributed by atoms with Gasteiger partial charge in [-0.15, -0.1) is 0 Å². The molecule has 25 heavy (non-hydrogen) atoms. The van der Waals surface area contributed by atoms with E-state index >= 15 is 0 Å². The molecule has 1 amide bonds. The van der Waals surface area contributed by atoms with E-state index in [4.69, 9.17) is 4.42 Å². The maximum Gasteiger partial charge on any atom is 0.419 e. The quantitative estimate of drug-likeness (QED) is 0.788. The number of rotatable bonds is 4. The van der Waals surface area contributed by atoms with E-state index in [1.165, 1.54) is 4.57 Å². The zero-order chi connectivity index (χ0) is 17.2. The summed E-state index contributed by atoms with van der Waals surface area (Å²) in [5.74, 6) is -0.0398. The van der Waals surface area contributed by atoms with E-state index in [1.807, 2.05) is 29.2 Å². The van der Waals surface area contributed by atoms with Crippen LogP contribution in [-0.4, -0.2) is 38.7 Å². The highest BCUT2D eigenvalue weighted by molar-refractivity contribution is 5.77. The fraction of sp³-hybridized carbons (Fsp3) is 0.389. The standard InChI is InChI=1S/C18H20N4O3/c23-17(21-10-3-4-13(12-21)14-7-9-19-20-14)8-11-22-15-5-1-2-6-16(15)25-18(22)24/h1-2,5-7,9,13H,3-4,8,10-12H2,(H,19,20). The van der Waals surface area contributed by atoms with Crippen molar-refractivity contribution in [2.75, 3.05) is 13.1 Å². The third-order valence-electron chi connectivity index (χ3n) is 4.86. The first-order chi connectivity index (χ1) is 12.2. The van der Waals surface area contributed by atoms with Crippen LogP contribution in [0.25, 0.3) is 11.1 Å². The van der Waals surface area contributed by atoms with Gasteiger partial charge in [-0.05, 0) is 31.0 Å². The predicted octanol–water partition coefficient (Wildman–Crippen LogP) is 2.11. The lowest BCUT2D eigenvalue weighted by Gasteiger charge is -2.32. The Balaban J connectivity index is 1.43. The van der Waals surface area contributed by atoms with Gasteiger partial charge in [-0.25, -0.2) is 4.79 Å². The minimum Gasteiger partial charge on any atom is -0.408 e. The number of hydrogen-bond donors (Lipinski definition) is 1. The molecule has 1 aliphatic heterocycles. The highest BCUT2D eigenvalue weighted by Crippen LogP contribution is 2.25. The van der Waals surface area contributed by atoms with Crippen LogP contribution in [0.2, 0.25) is 0 Å². The van der Waals surface area contributed by atoms with E-state index in [0.717, 1.165) is 30.6 Å². The number of carbonyl (C=O) groups excluding carboxylic acids is 1. The molecule has 7 heteroatoms. The number of nitrogens with one attached hydrogen (secondary N) is 1. The number of piperidine rings is 1. The number of aromatic amines is 1. The second kappa shape index (κ2) is 6.58. The van der Waals surface area contributed by atoms with Crippen molar-refractivity contribution in [3.8, 4) is 0 Å². The summed E-state index contributed by atoms with van der Waals surface area (Å²) in [4.78, 5) is 26.5. The summed E-state index contributed by atoms with van der Waals surface area (Å²) in [5.41, 5.74) is 2.36. The third kappa shape index (κ3) is 3.09. The Morgan fingerprint density at radius 2 is 2.20 bits per heavy atom. The molecule has 0 bridgehead atoms. The number of aryl methyl sites for hydroxylation is 1. The van der Waals surface area contributed by atoms with E-state index in [1.54, 1.807) is 12.3 Å². The van der Waals surface area contributed by atoms with E-state index in [0.29, 0.717) is 31.0 Å². The van der Waals surface area contributed by atoms with Crippen LogP contribution in [-0.2, 0) is 11.3 Å². The molecular formula is C18H20N4O3. The monoisotopic (exact) mass is 340 g/mol. The van der Waals surface area contributed by atoms with Gasteiger partial charge in [-0.2, -0.15) is 5.10 Å². The molecule has 1 unspecified atom stereocenters. The van der Waals surface area contributed by atoms with Gasteiger partial charge in [0.15, 0.2) is 5.58 Å². The molecule has 1 atom stereocenters. The van der Waals surface area contributed by atoms with Crippen molar-refractivity contribution >= 4 is 17.0 Å². The third-order valence-corrected chi connectivity index (χ3v) is 4.86. The lowest BCUT2D eigenvalue weighted by Crippen LogP contribution is -2.39. The lowest BCUT2D eigenvalue weighted by molar-refractivity contribution is -0.132. The number of fused-ring (bicyclic) bond motifs is 1. The van der Waals surface area contributed by atoms with E-state index in [-0.39, 0.29) is 5.91 Å². The van der Waals surface area contributed by atoms with E-state index < -0.39 is 5.76 Å². The summed E-state index contributed by atoms with van der Waals surface area (Å²) < 4.78 is 6.75. The molecule has 3 heterocycles. The Morgan fingerprint density at radius 3 is 3.04 bits per heavy atom. The van der Waals surface area contributed by atoms with Crippen molar-refractivity contribution in [2.45, 2.75) is 31.7 Å². The Hall–Kier alpha value is -2.83. The number of hydrogen-bond acceptors (Lipinski definition) is 4. The largest absolute Gasteiger partial charge is 0.419 e. The number of carbonyl (C=O) groups is 1. The molecule has 1 aliphatic rings. The molecule has 1 fully saturated rings. The van der Waals surface area contributed by atoms with Gasteiger partial charge < -0.3 is 9.32 Å². The number of para-hydroxylation sites is 2. The molecule has 0 saturated carbocycles. The number of amides is 1. The molecule has 7 nitrogen and oxygen atoms in total. The normalized spacial score (nSPS) is 17.9. The van der Waals surface area contributed by atoms with Crippen LogP contribution in [0.4, 0.5) is 0 Å². The van der Waals surface area contributed by atoms with Crippen molar-refractivity contribution in [3.05, 3.63) is 52.8 Å². The smallest absolute Gasteiger partial charge is 0.408 e. The highest BCUT2D eigenvalue weighted by Gasteiger charge is 2.25. The predicted molar refractivity (Wildman–Crippen MR) is 92.2 cm³/mol. The molecule has 4 rings (SSSR count). The van der Waals surface area contributed by atoms with Gasteiger partial charge in [0.2, 0.25) is 5.91 Å². The van der Waals surface area contributed by atoms with Gasteiger partial charge in [-0.3, -0.25) is 14.5 Å². The second-order valence-electron chi connectivity index (χ2n) is 6.43. The average Bonchev–Trinajstić information content (AvgIpc) is 3.27. The fourth-order valence-corrected chi connectivity index (χ4v) is 3.54. The maximum absolute atomic E-state index is 12.6. The summed E-state index contributed by atoms with van der Waals surface area (Å²) in [6, 6.07) is 9.24. The average molecular weight is 340 g/mol. The first kappa shape index (κ1) is 15.7. The van der Waals surface area contributed by atoms with Crippen LogP contribution in [0.1, 0.15) is 30.9 Å². The number of nitrogens with zero attached hydrogens (tertiary/aromatic N) is 3. The zero-order valence-corrected chi connectivity index (χ0v) is 13.9. The van der Waals surface area contributed by atoms with Crippen LogP contribution in [0.5, 0.6) is 0 Å². The Labute approximate surface area is 144 Å². The van der Waals surface area contributed by atoms with Crippen molar-refractivity contribution in [2.24, 2.45) is 0 Å². The van der Waals surface area contributed by atoms with E-state index in [9.17, 15) is 9.59 Å².